The molecule has 3 nitrogen and oxygen atoms in total. The third kappa shape index (κ3) is 5.14. The van der Waals surface area contributed by atoms with Gasteiger partial charge < -0.3 is 15.5 Å². The van der Waals surface area contributed by atoms with Crippen molar-refractivity contribution >= 4 is 5.69 Å². The number of nitrogens with two attached hydrogens (primary N) is 1. The zero-order valence-corrected chi connectivity index (χ0v) is 13.0. The second kappa shape index (κ2) is 7.65. The van der Waals surface area contributed by atoms with Gasteiger partial charge in [-0.25, -0.2) is 0 Å². The second-order valence-electron chi connectivity index (χ2n) is 6.35. The Labute approximate surface area is 123 Å². The number of piperidine rings is 1. The van der Waals surface area contributed by atoms with Crippen molar-refractivity contribution in [3.8, 4) is 0 Å². The molecular formula is C17H29N3. The molecular weight excluding hydrogens is 246 g/mol. The number of rotatable bonds is 6. The predicted octanol–water partition coefficient (Wildman–Crippen LogP) is 2.47. The molecule has 0 spiro atoms. The minimum atomic E-state index is 0.855. The van der Waals surface area contributed by atoms with E-state index in [9.17, 15) is 0 Å². The highest BCUT2D eigenvalue weighted by atomic mass is 15.1. The van der Waals surface area contributed by atoms with Gasteiger partial charge in [-0.05, 0) is 83.0 Å². The number of nitrogens with zero attached hydrogens (tertiary/aromatic N) is 2. The van der Waals surface area contributed by atoms with Crippen LogP contribution in [0.5, 0.6) is 0 Å². The van der Waals surface area contributed by atoms with Gasteiger partial charge in [-0.1, -0.05) is 12.1 Å². The Morgan fingerprint density at radius 3 is 2.50 bits per heavy atom. The lowest BCUT2D eigenvalue weighted by molar-refractivity contribution is 0.175. The summed E-state index contributed by atoms with van der Waals surface area (Å²) in [4.78, 5) is 4.95. The lowest BCUT2D eigenvalue weighted by Crippen LogP contribution is -2.36. The van der Waals surface area contributed by atoms with E-state index in [0.717, 1.165) is 18.0 Å². The van der Waals surface area contributed by atoms with Gasteiger partial charge in [0.05, 0.1) is 0 Å². The van der Waals surface area contributed by atoms with Gasteiger partial charge in [-0.2, -0.15) is 0 Å². The van der Waals surface area contributed by atoms with Crippen molar-refractivity contribution in [2.24, 2.45) is 5.92 Å². The van der Waals surface area contributed by atoms with Crippen LogP contribution < -0.4 is 5.73 Å². The number of hydrogen-bond donors (Lipinski definition) is 1. The molecule has 1 fully saturated rings. The van der Waals surface area contributed by atoms with Crippen molar-refractivity contribution in [3.63, 3.8) is 0 Å². The van der Waals surface area contributed by atoms with Crippen LogP contribution in [-0.4, -0.2) is 50.1 Å². The monoisotopic (exact) mass is 275 g/mol. The maximum Gasteiger partial charge on any atom is 0.0314 e. The minimum Gasteiger partial charge on any atom is -0.399 e. The predicted molar refractivity (Wildman–Crippen MR) is 86.9 cm³/mol. The Bertz CT molecular complexity index is 380. The lowest BCUT2D eigenvalue weighted by atomic mass is 9.96. The molecule has 112 valence electrons. The molecule has 1 heterocycles. The molecule has 2 N–H and O–H groups in total. The number of benzene rings is 1. The molecule has 1 aliphatic rings. The molecule has 0 bridgehead atoms. The maximum absolute atomic E-state index is 5.71. The van der Waals surface area contributed by atoms with Crippen molar-refractivity contribution in [1.82, 2.24) is 9.80 Å². The van der Waals surface area contributed by atoms with Gasteiger partial charge in [-0.15, -0.1) is 0 Å². The summed E-state index contributed by atoms with van der Waals surface area (Å²) in [5.74, 6) is 0.896. The number of aryl methyl sites for hydroxylation is 1. The van der Waals surface area contributed by atoms with Crippen molar-refractivity contribution in [3.05, 3.63) is 29.8 Å². The quantitative estimate of drug-likeness (QED) is 0.810. The fourth-order valence-electron chi connectivity index (χ4n) is 3.01. The van der Waals surface area contributed by atoms with Gasteiger partial charge in [-0.3, -0.25) is 0 Å². The molecule has 0 amide bonds. The fourth-order valence-corrected chi connectivity index (χ4v) is 3.01. The van der Waals surface area contributed by atoms with E-state index < -0.39 is 0 Å². The molecule has 1 saturated heterocycles. The average molecular weight is 275 g/mol. The van der Waals surface area contributed by atoms with E-state index in [0.29, 0.717) is 0 Å². The Balaban J connectivity index is 1.62. The summed E-state index contributed by atoms with van der Waals surface area (Å²) in [5, 5.41) is 0. The maximum atomic E-state index is 5.71. The van der Waals surface area contributed by atoms with E-state index >= 15 is 0 Å². The molecule has 1 aromatic rings. The largest absolute Gasteiger partial charge is 0.399 e. The Kier molecular flexibility index (Phi) is 5.86. The molecule has 1 aromatic carbocycles. The number of anilines is 1. The molecule has 0 aromatic heterocycles. The summed E-state index contributed by atoms with van der Waals surface area (Å²) in [6.45, 7) is 4.99. The van der Waals surface area contributed by atoms with E-state index in [-0.39, 0.29) is 0 Å². The van der Waals surface area contributed by atoms with Crippen molar-refractivity contribution < 1.29 is 0 Å². The van der Waals surface area contributed by atoms with Crippen LogP contribution in [0.25, 0.3) is 0 Å². The highest BCUT2D eigenvalue weighted by molar-refractivity contribution is 5.39. The van der Waals surface area contributed by atoms with Gasteiger partial charge in [0.15, 0.2) is 0 Å². The molecule has 3 heteroatoms. The van der Waals surface area contributed by atoms with E-state index in [1.807, 2.05) is 12.1 Å². The topological polar surface area (TPSA) is 32.5 Å². The third-order valence-electron chi connectivity index (χ3n) is 4.39. The van der Waals surface area contributed by atoms with Crippen LogP contribution in [0.1, 0.15) is 24.8 Å². The van der Waals surface area contributed by atoms with Crippen LogP contribution in [0.15, 0.2) is 24.3 Å². The van der Waals surface area contributed by atoms with Gasteiger partial charge >= 0.3 is 0 Å². The first-order valence-corrected chi connectivity index (χ1v) is 7.85. The van der Waals surface area contributed by atoms with E-state index in [1.165, 1.54) is 51.0 Å². The van der Waals surface area contributed by atoms with Gasteiger partial charge in [0.25, 0.3) is 0 Å². The van der Waals surface area contributed by atoms with Gasteiger partial charge in [0, 0.05) is 12.2 Å². The van der Waals surface area contributed by atoms with Crippen LogP contribution in [0.2, 0.25) is 0 Å². The number of nitrogen functional groups attached to an aromatic ring is 1. The van der Waals surface area contributed by atoms with E-state index in [2.05, 4.69) is 36.0 Å². The van der Waals surface area contributed by atoms with E-state index in [4.69, 9.17) is 5.73 Å². The first kappa shape index (κ1) is 15.3. The van der Waals surface area contributed by atoms with Crippen LogP contribution in [0.3, 0.4) is 0 Å². The molecule has 0 saturated carbocycles. The third-order valence-corrected chi connectivity index (χ3v) is 4.39. The zero-order chi connectivity index (χ0) is 14.4. The first-order chi connectivity index (χ1) is 9.63. The normalized spacial score (nSPS) is 17.8. The number of hydrogen-bond acceptors (Lipinski definition) is 3. The molecule has 20 heavy (non-hydrogen) atoms. The second-order valence-corrected chi connectivity index (χ2v) is 6.35. The van der Waals surface area contributed by atoms with Gasteiger partial charge in [0.1, 0.15) is 0 Å². The SMILES string of the molecule is CN1CCC(CN(C)CCCc2ccc(N)cc2)CC1. The van der Waals surface area contributed by atoms with Crippen LogP contribution in [-0.2, 0) is 6.42 Å². The molecule has 0 unspecified atom stereocenters. The summed E-state index contributed by atoms with van der Waals surface area (Å²) in [7, 11) is 4.49. The Morgan fingerprint density at radius 2 is 1.85 bits per heavy atom. The molecule has 0 aliphatic carbocycles. The molecule has 1 aliphatic heterocycles. The van der Waals surface area contributed by atoms with Crippen molar-refractivity contribution in [2.45, 2.75) is 25.7 Å². The lowest BCUT2D eigenvalue weighted by Gasteiger charge is -2.31. The highest BCUT2D eigenvalue weighted by Gasteiger charge is 2.17. The van der Waals surface area contributed by atoms with Crippen molar-refractivity contribution in [1.29, 1.82) is 0 Å². The van der Waals surface area contributed by atoms with Crippen LogP contribution in [0, 0.1) is 5.92 Å². The summed E-state index contributed by atoms with van der Waals surface area (Å²) in [6.07, 6.45) is 5.10. The Hall–Kier alpha value is -1.06. The van der Waals surface area contributed by atoms with Crippen molar-refractivity contribution in [2.75, 3.05) is 46.0 Å². The zero-order valence-electron chi connectivity index (χ0n) is 13.0. The summed E-state index contributed by atoms with van der Waals surface area (Å²) in [5.41, 5.74) is 7.96. The highest BCUT2D eigenvalue weighted by Crippen LogP contribution is 2.17. The van der Waals surface area contributed by atoms with Gasteiger partial charge in [0.2, 0.25) is 0 Å². The minimum absolute atomic E-state index is 0.855. The fraction of sp³-hybridized carbons (Fsp3) is 0.647. The summed E-state index contributed by atoms with van der Waals surface area (Å²) < 4.78 is 0. The standard InChI is InChI=1S/C17H29N3/c1-19-12-9-16(10-13-19)14-20(2)11-3-4-15-5-7-17(18)8-6-15/h5-8,16H,3-4,9-14,18H2,1-2H3. The summed E-state index contributed by atoms with van der Waals surface area (Å²) in [6, 6.07) is 8.29. The molecule has 2 rings (SSSR count). The number of likely N-dealkylation sites (tertiary alicyclic amines) is 1. The van der Waals surface area contributed by atoms with Crippen LogP contribution >= 0.6 is 0 Å². The average Bonchev–Trinajstić information content (AvgIpc) is 2.44. The van der Waals surface area contributed by atoms with E-state index in [1.54, 1.807) is 0 Å². The Morgan fingerprint density at radius 1 is 1.20 bits per heavy atom. The smallest absolute Gasteiger partial charge is 0.0314 e. The molecule has 0 atom stereocenters. The first-order valence-electron chi connectivity index (χ1n) is 7.85. The van der Waals surface area contributed by atoms with Crippen LogP contribution in [0.4, 0.5) is 5.69 Å². The molecule has 0 radical (unpaired) electrons. The summed E-state index contributed by atoms with van der Waals surface area (Å²) >= 11 is 0.